The molecular weight excluding hydrogens is 96.1 g/mol. The SMILES string of the molecule is [CH2]C(C)C(=C)CCC. The second-order valence-corrected chi connectivity index (χ2v) is 2.31. The van der Waals surface area contributed by atoms with Crippen LogP contribution in [0.25, 0.3) is 0 Å². The molecule has 0 amide bonds. The highest BCUT2D eigenvalue weighted by atomic mass is 14.0. The molecule has 0 saturated carbocycles. The molecule has 0 bridgehead atoms. The first-order valence-corrected chi connectivity index (χ1v) is 3.19. The molecule has 1 unspecified atom stereocenters. The first-order chi connectivity index (χ1) is 3.68. The highest BCUT2D eigenvalue weighted by Gasteiger charge is 1.95. The van der Waals surface area contributed by atoms with Crippen molar-refractivity contribution in [3.63, 3.8) is 0 Å². The molecule has 0 heteroatoms. The van der Waals surface area contributed by atoms with Crippen LogP contribution in [-0.4, -0.2) is 0 Å². The van der Waals surface area contributed by atoms with Crippen LogP contribution >= 0.6 is 0 Å². The molecule has 0 spiro atoms. The van der Waals surface area contributed by atoms with Gasteiger partial charge >= 0.3 is 0 Å². The maximum atomic E-state index is 3.88. The van der Waals surface area contributed by atoms with Crippen molar-refractivity contribution in [1.82, 2.24) is 0 Å². The minimum absolute atomic E-state index is 0.426. The molecule has 1 radical (unpaired) electrons. The van der Waals surface area contributed by atoms with Gasteiger partial charge in [-0.1, -0.05) is 32.4 Å². The summed E-state index contributed by atoms with van der Waals surface area (Å²) in [5, 5.41) is 0. The lowest BCUT2D eigenvalue weighted by Gasteiger charge is -2.05. The van der Waals surface area contributed by atoms with Gasteiger partial charge in [0.2, 0.25) is 0 Å². The Balaban J connectivity index is 3.33. The van der Waals surface area contributed by atoms with Crippen LogP contribution in [0.3, 0.4) is 0 Å². The normalized spacial score (nSPS) is 10.0. The summed E-state index contributed by atoms with van der Waals surface area (Å²) in [5.41, 5.74) is 1.27. The van der Waals surface area contributed by atoms with E-state index in [1.54, 1.807) is 0 Å². The van der Waals surface area contributed by atoms with E-state index in [2.05, 4.69) is 27.4 Å². The van der Waals surface area contributed by atoms with E-state index in [0.29, 0.717) is 5.92 Å². The minimum atomic E-state index is 0.426. The van der Waals surface area contributed by atoms with Crippen LogP contribution in [0.4, 0.5) is 0 Å². The van der Waals surface area contributed by atoms with Crippen LogP contribution in [0.5, 0.6) is 0 Å². The number of hydrogen-bond donors (Lipinski definition) is 0. The largest absolute Gasteiger partial charge is 0.0996 e. The zero-order valence-electron chi connectivity index (χ0n) is 5.91. The molecule has 0 aromatic carbocycles. The van der Waals surface area contributed by atoms with Gasteiger partial charge in [0.1, 0.15) is 0 Å². The van der Waals surface area contributed by atoms with Crippen LogP contribution in [0.15, 0.2) is 12.2 Å². The summed E-state index contributed by atoms with van der Waals surface area (Å²) in [6, 6.07) is 0. The van der Waals surface area contributed by atoms with Gasteiger partial charge in [-0.15, -0.1) is 0 Å². The highest BCUT2D eigenvalue weighted by Crippen LogP contribution is 2.11. The zero-order chi connectivity index (χ0) is 6.57. The number of rotatable bonds is 3. The average molecular weight is 111 g/mol. The molecule has 0 nitrogen and oxygen atoms in total. The Morgan fingerprint density at radius 3 is 2.25 bits per heavy atom. The van der Waals surface area contributed by atoms with Crippen molar-refractivity contribution >= 4 is 0 Å². The Hall–Kier alpha value is -0.260. The molecule has 8 heavy (non-hydrogen) atoms. The summed E-state index contributed by atoms with van der Waals surface area (Å²) in [4.78, 5) is 0. The molecule has 0 saturated heterocycles. The van der Waals surface area contributed by atoms with Gasteiger partial charge in [-0.25, -0.2) is 0 Å². The molecule has 1 atom stereocenters. The van der Waals surface area contributed by atoms with E-state index in [9.17, 15) is 0 Å². The predicted octanol–water partition coefficient (Wildman–Crippen LogP) is 2.81. The van der Waals surface area contributed by atoms with E-state index in [-0.39, 0.29) is 0 Å². The van der Waals surface area contributed by atoms with Gasteiger partial charge in [-0.05, 0) is 19.3 Å². The molecule has 0 aliphatic rings. The summed E-state index contributed by atoms with van der Waals surface area (Å²) in [6.07, 6.45) is 2.32. The topological polar surface area (TPSA) is 0 Å². The van der Waals surface area contributed by atoms with Gasteiger partial charge in [-0.2, -0.15) is 0 Å². The van der Waals surface area contributed by atoms with Crippen LogP contribution in [0.1, 0.15) is 26.7 Å². The molecule has 47 valence electrons. The smallest absolute Gasteiger partial charge is 0.0234 e. The van der Waals surface area contributed by atoms with E-state index in [0.717, 1.165) is 6.42 Å². The Morgan fingerprint density at radius 2 is 2.12 bits per heavy atom. The molecule has 0 aliphatic carbocycles. The monoisotopic (exact) mass is 111 g/mol. The summed E-state index contributed by atoms with van der Waals surface area (Å²) in [5.74, 6) is 0.426. The Kier molecular flexibility index (Phi) is 3.59. The fourth-order valence-corrected chi connectivity index (χ4v) is 0.568. The Morgan fingerprint density at radius 1 is 1.62 bits per heavy atom. The van der Waals surface area contributed by atoms with Crippen LogP contribution in [0.2, 0.25) is 0 Å². The lowest BCUT2D eigenvalue weighted by molar-refractivity contribution is 0.762. The van der Waals surface area contributed by atoms with E-state index >= 15 is 0 Å². The van der Waals surface area contributed by atoms with E-state index in [4.69, 9.17) is 0 Å². The third-order valence-electron chi connectivity index (χ3n) is 1.27. The third kappa shape index (κ3) is 2.84. The molecule has 0 N–H and O–H groups in total. The second kappa shape index (κ2) is 3.71. The van der Waals surface area contributed by atoms with Gasteiger partial charge < -0.3 is 0 Å². The standard InChI is InChI=1S/C8H15/c1-5-6-8(4)7(2)3/h7H,2,4-6H2,1,3H3. The maximum absolute atomic E-state index is 3.88. The Labute approximate surface area is 52.6 Å². The molecule has 0 aromatic rings. The van der Waals surface area contributed by atoms with Gasteiger partial charge in [0, 0.05) is 0 Å². The summed E-state index contributed by atoms with van der Waals surface area (Å²) < 4.78 is 0. The van der Waals surface area contributed by atoms with Gasteiger partial charge in [0.15, 0.2) is 0 Å². The van der Waals surface area contributed by atoms with Crippen molar-refractivity contribution in [3.05, 3.63) is 19.1 Å². The van der Waals surface area contributed by atoms with Crippen LogP contribution in [0, 0.1) is 12.8 Å². The molecule has 0 aliphatic heterocycles. The highest BCUT2D eigenvalue weighted by molar-refractivity contribution is 4.99. The third-order valence-corrected chi connectivity index (χ3v) is 1.27. The first kappa shape index (κ1) is 7.74. The molecule has 0 rings (SSSR count). The lowest BCUT2D eigenvalue weighted by atomic mass is 10.0. The van der Waals surface area contributed by atoms with Gasteiger partial charge in [-0.3, -0.25) is 0 Å². The van der Waals surface area contributed by atoms with Crippen molar-refractivity contribution in [1.29, 1.82) is 0 Å². The van der Waals surface area contributed by atoms with Crippen molar-refractivity contribution in [3.8, 4) is 0 Å². The van der Waals surface area contributed by atoms with Crippen LogP contribution < -0.4 is 0 Å². The fraction of sp³-hybridized carbons (Fsp3) is 0.625. The molecular formula is C8H15. The Bertz CT molecular complexity index is 70.1. The minimum Gasteiger partial charge on any atom is -0.0996 e. The predicted molar refractivity (Wildman–Crippen MR) is 38.6 cm³/mol. The number of hydrogen-bond acceptors (Lipinski definition) is 0. The summed E-state index contributed by atoms with van der Waals surface area (Å²) >= 11 is 0. The fourth-order valence-electron chi connectivity index (χ4n) is 0.568. The molecule has 0 aromatic heterocycles. The van der Waals surface area contributed by atoms with Crippen molar-refractivity contribution in [2.75, 3.05) is 0 Å². The maximum Gasteiger partial charge on any atom is -0.0234 e. The first-order valence-electron chi connectivity index (χ1n) is 3.19. The molecule has 0 heterocycles. The number of allylic oxidation sites excluding steroid dienone is 1. The van der Waals surface area contributed by atoms with Crippen LogP contribution in [-0.2, 0) is 0 Å². The summed E-state index contributed by atoms with van der Waals surface area (Å²) in [7, 11) is 0. The van der Waals surface area contributed by atoms with E-state index in [1.807, 2.05) is 0 Å². The van der Waals surface area contributed by atoms with Crippen molar-refractivity contribution < 1.29 is 0 Å². The molecule has 0 fully saturated rings. The average Bonchev–Trinajstić information content (AvgIpc) is 1.67. The second-order valence-electron chi connectivity index (χ2n) is 2.31. The van der Waals surface area contributed by atoms with Crippen molar-refractivity contribution in [2.24, 2.45) is 5.92 Å². The quantitative estimate of drug-likeness (QED) is 0.491. The van der Waals surface area contributed by atoms with E-state index < -0.39 is 0 Å². The van der Waals surface area contributed by atoms with Crippen molar-refractivity contribution in [2.45, 2.75) is 26.7 Å². The van der Waals surface area contributed by atoms with Gasteiger partial charge in [0.05, 0.1) is 0 Å². The lowest BCUT2D eigenvalue weighted by Crippen LogP contribution is -1.90. The van der Waals surface area contributed by atoms with E-state index in [1.165, 1.54) is 12.0 Å². The summed E-state index contributed by atoms with van der Waals surface area (Å²) in [6.45, 7) is 12.0. The zero-order valence-corrected chi connectivity index (χ0v) is 5.91. The van der Waals surface area contributed by atoms with Gasteiger partial charge in [0.25, 0.3) is 0 Å².